The number of morpholine rings is 1. The van der Waals surface area contributed by atoms with Crippen LogP contribution in [-0.4, -0.2) is 51.9 Å². The Hall–Kier alpha value is -3.83. The second kappa shape index (κ2) is 10.6. The van der Waals surface area contributed by atoms with Crippen molar-refractivity contribution in [2.24, 2.45) is 5.73 Å². The molecule has 0 unspecified atom stereocenters. The van der Waals surface area contributed by atoms with E-state index in [9.17, 15) is 13.2 Å². The summed E-state index contributed by atoms with van der Waals surface area (Å²) in [6.45, 7) is 3.53. The molecule has 2 heterocycles. The number of nitrogens with two attached hydrogens (primary N) is 1. The number of primary amides is 1. The van der Waals surface area contributed by atoms with Gasteiger partial charge in [0, 0.05) is 49.0 Å². The lowest BCUT2D eigenvalue weighted by atomic mass is 10.1. The van der Waals surface area contributed by atoms with Crippen LogP contribution in [0.25, 0.3) is 0 Å². The minimum absolute atomic E-state index is 0.253. The number of hydrogen-bond acceptors (Lipinski definition) is 8. The highest BCUT2D eigenvalue weighted by Gasteiger charge is 2.13. The van der Waals surface area contributed by atoms with E-state index in [1.54, 1.807) is 24.3 Å². The van der Waals surface area contributed by atoms with Crippen LogP contribution in [0.5, 0.6) is 0 Å². The maximum atomic E-state index is 11.9. The molecule has 2 aromatic carbocycles. The number of ether oxygens (including phenoxy) is 1. The van der Waals surface area contributed by atoms with Gasteiger partial charge in [-0.25, -0.2) is 13.4 Å². The molecule has 4 rings (SSSR count). The molecule has 0 saturated carbocycles. The zero-order valence-corrected chi connectivity index (χ0v) is 20.1. The number of pyridine rings is 1. The molecule has 3 aromatic rings. The third-order valence-corrected chi connectivity index (χ3v) is 6.01. The molecule has 0 aliphatic carbocycles. The van der Waals surface area contributed by atoms with Gasteiger partial charge in [-0.1, -0.05) is 12.1 Å². The molecule has 11 heteroatoms. The van der Waals surface area contributed by atoms with E-state index in [1.165, 1.54) is 6.20 Å². The molecule has 5 N–H and O–H groups in total. The lowest BCUT2D eigenvalue weighted by molar-refractivity contribution is 0.100. The molecular formula is C24H28N6O4S. The number of carbonyl (C=O) groups excluding carboxylic acids is 1. The van der Waals surface area contributed by atoms with Crippen LogP contribution in [0.15, 0.2) is 60.8 Å². The summed E-state index contributed by atoms with van der Waals surface area (Å²) >= 11 is 0. The molecule has 0 spiro atoms. The molecule has 0 atom stereocenters. The van der Waals surface area contributed by atoms with Crippen molar-refractivity contribution in [2.75, 3.05) is 52.8 Å². The van der Waals surface area contributed by atoms with Gasteiger partial charge in [0.2, 0.25) is 10.0 Å². The first-order valence-corrected chi connectivity index (χ1v) is 13.0. The maximum Gasteiger partial charge on any atom is 0.252 e. The molecule has 0 radical (unpaired) electrons. The average molecular weight is 497 g/mol. The lowest BCUT2D eigenvalue weighted by Crippen LogP contribution is -2.36. The van der Waals surface area contributed by atoms with E-state index in [2.05, 4.69) is 25.2 Å². The smallest absolute Gasteiger partial charge is 0.252 e. The van der Waals surface area contributed by atoms with Gasteiger partial charge in [-0.05, 0) is 42.0 Å². The lowest BCUT2D eigenvalue weighted by Gasteiger charge is -2.28. The normalized spacial score (nSPS) is 13.8. The monoisotopic (exact) mass is 496 g/mol. The summed E-state index contributed by atoms with van der Waals surface area (Å²) in [6.07, 6.45) is 2.52. The first kappa shape index (κ1) is 24.3. The number of benzene rings is 2. The van der Waals surface area contributed by atoms with E-state index in [1.807, 2.05) is 30.3 Å². The molecule has 1 aliphatic heterocycles. The Morgan fingerprint density at radius 2 is 1.83 bits per heavy atom. The zero-order valence-electron chi connectivity index (χ0n) is 19.3. The van der Waals surface area contributed by atoms with Gasteiger partial charge in [0.15, 0.2) is 0 Å². The highest BCUT2D eigenvalue weighted by molar-refractivity contribution is 7.92. The number of anilines is 5. The Balaban J connectivity index is 1.47. The summed E-state index contributed by atoms with van der Waals surface area (Å²) in [6, 6.07) is 16.7. The standard InChI is InChI=1S/C24H28N6O4S/c1-35(32,33)29-19-4-2-3-17(13-19)15-26-22-14-23(27-16-21(22)24(25)31)28-18-5-7-20(8-6-18)30-9-11-34-12-10-30/h2-8,13-14,16,29H,9-12,15H2,1H3,(H2,25,31)(H2,26,27,28). The van der Waals surface area contributed by atoms with Crippen molar-refractivity contribution < 1.29 is 17.9 Å². The van der Waals surface area contributed by atoms with Crippen LogP contribution in [0.3, 0.4) is 0 Å². The fraction of sp³-hybridized carbons (Fsp3) is 0.250. The van der Waals surface area contributed by atoms with Crippen molar-refractivity contribution in [1.29, 1.82) is 0 Å². The van der Waals surface area contributed by atoms with Gasteiger partial charge in [-0.2, -0.15) is 0 Å². The second-order valence-corrected chi connectivity index (χ2v) is 9.93. The Bertz CT molecular complexity index is 1290. The third kappa shape index (κ3) is 6.84. The fourth-order valence-corrected chi connectivity index (χ4v) is 4.30. The Morgan fingerprint density at radius 1 is 1.09 bits per heavy atom. The van der Waals surface area contributed by atoms with Gasteiger partial charge in [-0.3, -0.25) is 9.52 Å². The minimum atomic E-state index is -3.38. The van der Waals surface area contributed by atoms with Gasteiger partial charge in [0.25, 0.3) is 5.91 Å². The fourth-order valence-electron chi connectivity index (χ4n) is 3.75. The molecule has 35 heavy (non-hydrogen) atoms. The third-order valence-electron chi connectivity index (χ3n) is 5.40. The van der Waals surface area contributed by atoms with Crippen LogP contribution in [0.2, 0.25) is 0 Å². The first-order chi connectivity index (χ1) is 16.8. The Morgan fingerprint density at radius 3 is 2.51 bits per heavy atom. The van der Waals surface area contributed by atoms with E-state index >= 15 is 0 Å². The van der Waals surface area contributed by atoms with Gasteiger partial charge in [0.05, 0.1) is 30.7 Å². The van der Waals surface area contributed by atoms with Crippen LogP contribution < -0.4 is 26.0 Å². The summed E-state index contributed by atoms with van der Waals surface area (Å²) in [5.41, 5.74) is 9.57. The SMILES string of the molecule is CS(=O)(=O)Nc1cccc(CNc2cc(Nc3ccc(N4CCOCC4)cc3)ncc2C(N)=O)c1. The number of nitrogens with one attached hydrogen (secondary N) is 3. The number of sulfonamides is 1. The van der Waals surface area contributed by atoms with Crippen LogP contribution in [0, 0.1) is 0 Å². The van der Waals surface area contributed by atoms with Crippen LogP contribution >= 0.6 is 0 Å². The van der Waals surface area contributed by atoms with E-state index in [4.69, 9.17) is 10.5 Å². The molecule has 1 fully saturated rings. The predicted octanol–water partition coefficient (Wildman–Crippen LogP) is 2.74. The number of carbonyl (C=O) groups is 1. The van der Waals surface area contributed by atoms with Crippen molar-refractivity contribution in [3.8, 4) is 0 Å². The maximum absolute atomic E-state index is 11.9. The van der Waals surface area contributed by atoms with E-state index in [-0.39, 0.29) is 5.56 Å². The summed E-state index contributed by atoms with van der Waals surface area (Å²) in [5.74, 6) is -0.0574. The van der Waals surface area contributed by atoms with Gasteiger partial charge < -0.3 is 26.0 Å². The van der Waals surface area contributed by atoms with Crippen molar-refractivity contribution in [1.82, 2.24) is 4.98 Å². The van der Waals surface area contributed by atoms with Crippen molar-refractivity contribution in [2.45, 2.75) is 6.54 Å². The number of hydrogen-bond donors (Lipinski definition) is 4. The Kier molecular flexibility index (Phi) is 7.37. The number of nitrogens with zero attached hydrogens (tertiary/aromatic N) is 2. The highest BCUT2D eigenvalue weighted by Crippen LogP contribution is 2.25. The van der Waals surface area contributed by atoms with Crippen molar-refractivity contribution in [3.63, 3.8) is 0 Å². The van der Waals surface area contributed by atoms with E-state index < -0.39 is 15.9 Å². The summed E-state index contributed by atoms with van der Waals surface area (Å²) in [4.78, 5) is 18.5. The van der Waals surface area contributed by atoms with Crippen molar-refractivity contribution >= 4 is 44.5 Å². The largest absolute Gasteiger partial charge is 0.380 e. The number of amides is 1. The van der Waals surface area contributed by atoms with E-state index in [0.717, 1.165) is 49.5 Å². The van der Waals surface area contributed by atoms with Crippen molar-refractivity contribution in [3.05, 3.63) is 71.9 Å². The topological polar surface area (TPSA) is 139 Å². The molecule has 1 aliphatic rings. The molecule has 0 bridgehead atoms. The van der Waals surface area contributed by atoms with Gasteiger partial charge >= 0.3 is 0 Å². The first-order valence-electron chi connectivity index (χ1n) is 11.1. The predicted molar refractivity (Wildman–Crippen MR) is 138 cm³/mol. The molecule has 184 valence electrons. The minimum Gasteiger partial charge on any atom is -0.380 e. The quantitative estimate of drug-likeness (QED) is 0.355. The molecule has 1 saturated heterocycles. The number of rotatable bonds is 9. The Labute approximate surface area is 204 Å². The van der Waals surface area contributed by atoms with Gasteiger partial charge in [0.1, 0.15) is 5.82 Å². The highest BCUT2D eigenvalue weighted by atomic mass is 32.2. The van der Waals surface area contributed by atoms with Crippen LogP contribution in [0.1, 0.15) is 15.9 Å². The van der Waals surface area contributed by atoms with Crippen LogP contribution in [0.4, 0.5) is 28.6 Å². The molecule has 1 aromatic heterocycles. The van der Waals surface area contributed by atoms with Crippen LogP contribution in [-0.2, 0) is 21.3 Å². The molecular weight excluding hydrogens is 468 g/mol. The van der Waals surface area contributed by atoms with Gasteiger partial charge in [-0.15, -0.1) is 0 Å². The summed E-state index contributed by atoms with van der Waals surface area (Å²) < 4.78 is 30.9. The summed E-state index contributed by atoms with van der Waals surface area (Å²) in [5, 5.41) is 6.45. The molecule has 1 amide bonds. The average Bonchev–Trinajstić information content (AvgIpc) is 2.83. The molecule has 10 nitrogen and oxygen atoms in total. The summed E-state index contributed by atoms with van der Waals surface area (Å²) in [7, 11) is -3.38. The van der Waals surface area contributed by atoms with E-state index in [0.29, 0.717) is 23.7 Å². The second-order valence-electron chi connectivity index (χ2n) is 8.18. The zero-order chi connectivity index (χ0) is 24.8. The number of aromatic nitrogens is 1.